The SMILES string of the molecule is CC(C)c1cc(C(=O)Nc2cccc(Cl)c2Br)cc(N)n1. The Kier molecular flexibility index (Phi) is 4.85. The first-order chi connectivity index (χ1) is 9.88. The number of nitrogens with zero attached hydrogens (tertiary/aromatic N) is 1. The third-order valence-corrected chi connectivity index (χ3v) is 4.32. The fraction of sp³-hybridized carbons (Fsp3) is 0.200. The van der Waals surface area contributed by atoms with Crippen LogP contribution >= 0.6 is 27.5 Å². The quantitative estimate of drug-likeness (QED) is 0.840. The number of hydrogen-bond donors (Lipinski definition) is 2. The zero-order chi connectivity index (χ0) is 15.6. The fourth-order valence-electron chi connectivity index (χ4n) is 1.80. The van der Waals surface area contributed by atoms with Crippen molar-refractivity contribution in [3.63, 3.8) is 0 Å². The average Bonchev–Trinajstić information content (AvgIpc) is 2.43. The third-order valence-electron chi connectivity index (χ3n) is 2.92. The Hall–Kier alpha value is -1.59. The van der Waals surface area contributed by atoms with Crippen LogP contribution in [0.5, 0.6) is 0 Å². The third kappa shape index (κ3) is 3.74. The fourth-order valence-corrected chi connectivity index (χ4v) is 2.33. The first-order valence-corrected chi connectivity index (χ1v) is 7.58. The summed E-state index contributed by atoms with van der Waals surface area (Å²) in [5.41, 5.74) is 7.62. The van der Waals surface area contributed by atoms with Crippen molar-refractivity contribution in [3.05, 3.63) is 51.1 Å². The van der Waals surface area contributed by atoms with E-state index in [2.05, 4.69) is 26.2 Å². The molecule has 0 spiro atoms. The molecule has 0 aliphatic rings. The largest absolute Gasteiger partial charge is 0.384 e. The van der Waals surface area contributed by atoms with E-state index in [9.17, 15) is 4.79 Å². The van der Waals surface area contributed by atoms with Crippen molar-refractivity contribution in [2.45, 2.75) is 19.8 Å². The van der Waals surface area contributed by atoms with Gasteiger partial charge in [-0.3, -0.25) is 4.79 Å². The molecule has 110 valence electrons. The highest BCUT2D eigenvalue weighted by atomic mass is 79.9. The van der Waals surface area contributed by atoms with Crippen molar-refractivity contribution < 1.29 is 4.79 Å². The molecule has 3 N–H and O–H groups in total. The molecule has 1 aromatic heterocycles. The minimum absolute atomic E-state index is 0.193. The Morgan fingerprint density at radius 1 is 1.38 bits per heavy atom. The molecule has 0 aliphatic heterocycles. The van der Waals surface area contributed by atoms with Gasteiger partial charge in [0.15, 0.2) is 0 Å². The summed E-state index contributed by atoms with van der Waals surface area (Å²) in [4.78, 5) is 16.6. The lowest BCUT2D eigenvalue weighted by molar-refractivity contribution is 0.102. The number of benzene rings is 1. The first-order valence-electron chi connectivity index (χ1n) is 6.41. The van der Waals surface area contributed by atoms with E-state index in [4.69, 9.17) is 17.3 Å². The smallest absolute Gasteiger partial charge is 0.255 e. The average molecular weight is 369 g/mol. The Bertz CT molecular complexity index is 689. The predicted octanol–water partition coefficient (Wildman–Crippen LogP) is 4.46. The lowest BCUT2D eigenvalue weighted by Gasteiger charge is -2.11. The number of halogens is 2. The number of anilines is 2. The van der Waals surface area contributed by atoms with Crippen molar-refractivity contribution in [2.24, 2.45) is 0 Å². The highest BCUT2D eigenvalue weighted by molar-refractivity contribution is 9.10. The summed E-state index contributed by atoms with van der Waals surface area (Å²) in [6, 6.07) is 8.57. The van der Waals surface area contributed by atoms with E-state index in [1.165, 1.54) is 0 Å². The van der Waals surface area contributed by atoms with Gasteiger partial charge in [0.25, 0.3) is 5.91 Å². The summed E-state index contributed by atoms with van der Waals surface area (Å²) < 4.78 is 0.645. The molecule has 4 nitrogen and oxygen atoms in total. The number of hydrogen-bond acceptors (Lipinski definition) is 3. The van der Waals surface area contributed by atoms with Crippen molar-refractivity contribution in [2.75, 3.05) is 11.1 Å². The maximum atomic E-state index is 12.3. The van der Waals surface area contributed by atoms with E-state index >= 15 is 0 Å². The summed E-state index contributed by atoms with van der Waals surface area (Å²) in [7, 11) is 0. The van der Waals surface area contributed by atoms with Crippen LogP contribution in [0.2, 0.25) is 5.02 Å². The van der Waals surface area contributed by atoms with E-state index in [-0.39, 0.29) is 11.8 Å². The van der Waals surface area contributed by atoms with Gasteiger partial charge in [0.1, 0.15) is 5.82 Å². The summed E-state index contributed by atoms with van der Waals surface area (Å²) in [5, 5.41) is 3.34. The molecular weight excluding hydrogens is 354 g/mol. The molecule has 0 saturated heterocycles. The molecule has 0 radical (unpaired) electrons. The molecular formula is C15H15BrClN3O. The van der Waals surface area contributed by atoms with E-state index in [0.717, 1.165) is 5.69 Å². The van der Waals surface area contributed by atoms with Crippen LogP contribution < -0.4 is 11.1 Å². The number of rotatable bonds is 3. The lowest BCUT2D eigenvalue weighted by Crippen LogP contribution is -2.14. The topological polar surface area (TPSA) is 68.0 Å². The first kappa shape index (κ1) is 15.8. The van der Waals surface area contributed by atoms with Crippen LogP contribution in [0.1, 0.15) is 35.8 Å². The second-order valence-electron chi connectivity index (χ2n) is 4.92. The van der Waals surface area contributed by atoms with Gasteiger partial charge in [0.05, 0.1) is 15.2 Å². The summed E-state index contributed by atoms with van der Waals surface area (Å²) in [5.74, 6) is 0.267. The lowest BCUT2D eigenvalue weighted by atomic mass is 10.1. The van der Waals surface area contributed by atoms with Gasteiger partial charge in [-0.05, 0) is 46.1 Å². The van der Waals surface area contributed by atoms with Gasteiger partial charge in [-0.25, -0.2) is 4.98 Å². The van der Waals surface area contributed by atoms with Gasteiger partial charge in [-0.1, -0.05) is 31.5 Å². The molecule has 0 aliphatic carbocycles. The molecule has 2 aromatic rings. The van der Waals surface area contributed by atoms with Gasteiger partial charge in [0, 0.05) is 11.3 Å². The number of nitrogens with two attached hydrogens (primary N) is 1. The van der Waals surface area contributed by atoms with Crippen LogP contribution in [0.4, 0.5) is 11.5 Å². The molecule has 0 fully saturated rings. The van der Waals surface area contributed by atoms with Crippen LogP contribution in [0, 0.1) is 0 Å². The summed E-state index contributed by atoms with van der Waals surface area (Å²) >= 11 is 9.36. The Labute approximate surface area is 136 Å². The van der Waals surface area contributed by atoms with E-state index in [0.29, 0.717) is 26.6 Å². The maximum Gasteiger partial charge on any atom is 0.255 e. The maximum absolute atomic E-state index is 12.3. The second kappa shape index (κ2) is 6.45. The van der Waals surface area contributed by atoms with Gasteiger partial charge >= 0.3 is 0 Å². The van der Waals surface area contributed by atoms with Crippen molar-refractivity contribution in [3.8, 4) is 0 Å². The van der Waals surface area contributed by atoms with Gasteiger partial charge in [0.2, 0.25) is 0 Å². The number of nitrogen functional groups attached to an aromatic ring is 1. The van der Waals surface area contributed by atoms with E-state index in [1.807, 2.05) is 13.8 Å². The molecule has 6 heteroatoms. The standard InChI is InChI=1S/C15H15BrClN3O/c1-8(2)12-6-9(7-13(18)19-12)15(21)20-11-5-3-4-10(17)14(11)16/h3-8H,1-2H3,(H2,18,19)(H,20,21). The molecule has 0 unspecified atom stereocenters. The van der Waals surface area contributed by atoms with E-state index in [1.54, 1.807) is 30.3 Å². The molecule has 2 rings (SSSR count). The van der Waals surface area contributed by atoms with Gasteiger partial charge in [-0.2, -0.15) is 0 Å². The molecule has 1 heterocycles. The van der Waals surface area contributed by atoms with Crippen molar-refractivity contribution >= 4 is 44.9 Å². The number of amides is 1. The van der Waals surface area contributed by atoms with E-state index < -0.39 is 0 Å². The summed E-state index contributed by atoms with van der Waals surface area (Å²) in [6.07, 6.45) is 0. The van der Waals surface area contributed by atoms with Crippen LogP contribution in [-0.4, -0.2) is 10.9 Å². The minimum Gasteiger partial charge on any atom is -0.384 e. The molecule has 0 bridgehead atoms. The van der Waals surface area contributed by atoms with Crippen LogP contribution in [0.3, 0.4) is 0 Å². The number of carbonyl (C=O) groups excluding carboxylic acids is 1. The molecule has 1 aromatic carbocycles. The zero-order valence-electron chi connectivity index (χ0n) is 11.7. The number of pyridine rings is 1. The van der Waals surface area contributed by atoms with Crippen LogP contribution in [0.25, 0.3) is 0 Å². The van der Waals surface area contributed by atoms with Crippen molar-refractivity contribution in [1.82, 2.24) is 4.98 Å². The molecule has 21 heavy (non-hydrogen) atoms. The Balaban J connectivity index is 2.30. The van der Waals surface area contributed by atoms with Gasteiger partial charge < -0.3 is 11.1 Å². The Morgan fingerprint density at radius 2 is 2.10 bits per heavy atom. The zero-order valence-corrected chi connectivity index (χ0v) is 14.0. The van der Waals surface area contributed by atoms with Crippen LogP contribution in [0.15, 0.2) is 34.8 Å². The minimum atomic E-state index is -0.256. The molecule has 0 atom stereocenters. The predicted molar refractivity (Wildman–Crippen MR) is 89.8 cm³/mol. The number of aromatic nitrogens is 1. The monoisotopic (exact) mass is 367 g/mol. The molecule has 1 amide bonds. The summed E-state index contributed by atoms with van der Waals surface area (Å²) in [6.45, 7) is 3.99. The Morgan fingerprint density at radius 3 is 2.76 bits per heavy atom. The number of nitrogens with one attached hydrogen (secondary N) is 1. The normalized spacial score (nSPS) is 10.7. The van der Waals surface area contributed by atoms with Gasteiger partial charge in [-0.15, -0.1) is 0 Å². The number of carbonyl (C=O) groups is 1. The van der Waals surface area contributed by atoms with Crippen LogP contribution in [-0.2, 0) is 0 Å². The highest BCUT2D eigenvalue weighted by Crippen LogP contribution is 2.30. The second-order valence-corrected chi connectivity index (χ2v) is 6.12. The highest BCUT2D eigenvalue weighted by Gasteiger charge is 2.13. The van der Waals surface area contributed by atoms with Crippen molar-refractivity contribution in [1.29, 1.82) is 0 Å². The molecule has 0 saturated carbocycles.